The zero-order valence-electron chi connectivity index (χ0n) is 9.14. The van der Waals surface area contributed by atoms with Crippen molar-refractivity contribution >= 4 is 17.7 Å². The largest absolute Gasteiger partial charge is 0.471 e. The molecule has 2 aliphatic heterocycles. The lowest BCUT2D eigenvalue weighted by molar-refractivity contribution is -0.119. The van der Waals surface area contributed by atoms with Crippen molar-refractivity contribution in [1.82, 2.24) is 0 Å². The summed E-state index contributed by atoms with van der Waals surface area (Å²) in [5.41, 5.74) is -0.488. The van der Waals surface area contributed by atoms with E-state index in [4.69, 9.17) is 14.9 Å². The molecular weight excluding hydrogens is 198 g/mol. The van der Waals surface area contributed by atoms with Crippen molar-refractivity contribution in [3.8, 4) is 0 Å². The van der Waals surface area contributed by atoms with Crippen LogP contribution in [0.15, 0.2) is 0 Å². The minimum absolute atomic E-state index is 0.101. The highest BCUT2D eigenvalue weighted by atomic mass is 32.2. The predicted molar refractivity (Wildman–Crippen MR) is 57.9 cm³/mol. The monoisotopic (exact) mass is 215 g/mol. The van der Waals surface area contributed by atoms with Gasteiger partial charge in [0.2, 0.25) is 0 Å². The summed E-state index contributed by atoms with van der Waals surface area (Å²) in [4.78, 5) is -0.340. The quantitative estimate of drug-likeness (QED) is 0.674. The Morgan fingerprint density at radius 3 is 2.29 bits per heavy atom. The maximum absolute atomic E-state index is 7.61. The van der Waals surface area contributed by atoms with E-state index in [-0.39, 0.29) is 16.1 Å². The fourth-order valence-corrected chi connectivity index (χ4v) is 3.57. The Morgan fingerprint density at radius 1 is 1.29 bits per heavy atom. The molecule has 2 fully saturated rings. The molecule has 1 unspecified atom stereocenters. The van der Waals surface area contributed by atoms with Gasteiger partial charge in [0, 0.05) is 5.75 Å². The van der Waals surface area contributed by atoms with E-state index in [1.807, 2.05) is 13.8 Å². The summed E-state index contributed by atoms with van der Waals surface area (Å²) >= 11 is 1.78. The highest BCUT2D eigenvalue weighted by Gasteiger charge is 2.61. The number of hydrogen-bond acceptors (Lipinski definition) is 4. The summed E-state index contributed by atoms with van der Waals surface area (Å²) in [6.45, 7) is 8.19. The molecule has 2 saturated heterocycles. The van der Waals surface area contributed by atoms with Crippen molar-refractivity contribution in [2.24, 2.45) is 0 Å². The Kier molecular flexibility index (Phi) is 1.96. The highest BCUT2D eigenvalue weighted by Crippen LogP contribution is 2.54. The van der Waals surface area contributed by atoms with Crippen LogP contribution in [0.3, 0.4) is 0 Å². The molecule has 0 radical (unpaired) electrons. The van der Waals surface area contributed by atoms with Gasteiger partial charge in [-0.05, 0) is 27.7 Å². The van der Waals surface area contributed by atoms with Crippen LogP contribution in [0.5, 0.6) is 0 Å². The fraction of sp³-hybridized carbons (Fsp3) is 0.900. The number of rotatable bonds is 0. The zero-order chi connectivity index (χ0) is 10.6. The second kappa shape index (κ2) is 2.67. The molecule has 0 aromatic carbocycles. The number of thioether (sulfide) groups is 1. The van der Waals surface area contributed by atoms with Crippen LogP contribution in [-0.2, 0) is 9.47 Å². The van der Waals surface area contributed by atoms with Crippen molar-refractivity contribution < 1.29 is 9.47 Å². The van der Waals surface area contributed by atoms with Crippen LogP contribution >= 0.6 is 11.8 Å². The minimum atomic E-state index is -0.386. The van der Waals surface area contributed by atoms with E-state index in [9.17, 15) is 0 Å². The third-order valence-electron chi connectivity index (χ3n) is 2.78. The van der Waals surface area contributed by atoms with Crippen LogP contribution in [0.25, 0.3) is 0 Å². The Balaban J connectivity index is 2.29. The van der Waals surface area contributed by atoms with Gasteiger partial charge in [0.25, 0.3) is 0 Å². The molecule has 1 atom stereocenters. The van der Waals surface area contributed by atoms with Crippen molar-refractivity contribution in [2.45, 2.75) is 50.3 Å². The van der Waals surface area contributed by atoms with E-state index in [0.29, 0.717) is 12.3 Å². The van der Waals surface area contributed by atoms with E-state index in [2.05, 4.69) is 13.8 Å². The van der Waals surface area contributed by atoms with Gasteiger partial charge in [-0.1, -0.05) is 0 Å². The average molecular weight is 215 g/mol. The molecule has 4 heteroatoms. The van der Waals surface area contributed by atoms with Gasteiger partial charge >= 0.3 is 0 Å². The first kappa shape index (κ1) is 10.3. The molecule has 2 rings (SSSR count). The maximum Gasteiger partial charge on any atom is 0.185 e. The van der Waals surface area contributed by atoms with E-state index in [1.54, 1.807) is 11.8 Å². The van der Waals surface area contributed by atoms with Crippen molar-refractivity contribution in [3.05, 3.63) is 0 Å². The average Bonchev–Trinajstić information content (AvgIpc) is 2.35. The number of nitrogens with one attached hydrogen (secondary N) is 1. The molecule has 0 saturated carbocycles. The Hall–Kier alpha value is -0.220. The molecule has 0 bridgehead atoms. The van der Waals surface area contributed by atoms with Crippen LogP contribution in [-0.4, -0.2) is 27.8 Å². The van der Waals surface area contributed by atoms with Gasteiger partial charge in [0.05, 0.1) is 12.0 Å². The van der Waals surface area contributed by atoms with E-state index >= 15 is 0 Å². The summed E-state index contributed by atoms with van der Waals surface area (Å²) < 4.78 is 11.6. The fourth-order valence-electron chi connectivity index (χ4n) is 2.03. The van der Waals surface area contributed by atoms with Gasteiger partial charge in [-0.15, -0.1) is 11.8 Å². The summed E-state index contributed by atoms with van der Waals surface area (Å²) in [7, 11) is 0. The van der Waals surface area contributed by atoms with Gasteiger partial charge in [-0.25, -0.2) is 0 Å². The Bertz CT molecular complexity index is 288. The number of ether oxygens (including phenoxy) is 2. The molecule has 1 spiro atoms. The van der Waals surface area contributed by atoms with Gasteiger partial charge < -0.3 is 9.47 Å². The lowest BCUT2D eigenvalue weighted by Crippen LogP contribution is -2.45. The molecule has 0 aromatic heterocycles. The zero-order valence-corrected chi connectivity index (χ0v) is 9.96. The molecular formula is C10H17NO2S. The first-order valence-electron chi connectivity index (χ1n) is 4.87. The third-order valence-corrected chi connectivity index (χ3v) is 4.81. The molecule has 0 aromatic rings. The van der Waals surface area contributed by atoms with Crippen molar-refractivity contribution in [1.29, 1.82) is 5.41 Å². The van der Waals surface area contributed by atoms with Gasteiger partial charge in [-0.3, -0.25) is 5.41 Å². The van der Waals surface area contributed by atoms with Crippen LogP contribution in [0, 0.1) is 5.41 Å². The van der Waals surface area contributed by atoms with Crippen LogP contribution in [0.1, 0.15) is 34.1 Å². The number of hydrogen-bond donors (Lipinski definition) is 1. The van der Waals surface area contributed by atoms with Crippen LogP contribution in [0.2, 0.25) is 0 Å². The smallest absolute Gasteiger partial charge is 0.185 e. The van der Waals surface area contributed by atoms with E-state index in [0.717, 1.165) is 5.75 Å². The Labute approximate surface area is 89.0 Å². The van der Waals surface area contributed by atoms with Gasteiger partial charge in [0.1, 0.15) is 5.60 Å². The molecule has 1 N–H and O–H groups in total. The van der Waals surface area contributed by atoms with Crippen molar-refractivity contribution in [2.75, 3.05) is 5.75 Å². The normalized spacial score (nSPS) is 39.0. The van der Waals surface area contributed by atoms with Crippen LogP contribution in [0.4, 0.5) is 0 Å². The molecule has 0 amide bonds. The first-order chi connectivity index (χ1) is 6.27. The topological polar surface area (TPSA) is 42.3 Å². The lowest BCUT2D eigenvalue weighted by atomic mass is 10.00. The first-order valence-corrected chi connectivity index (χ1v) is 5.86. The second-order valence-corrected chi connectivity index (χ2v) is 6.35. The maximum atomic E-state index is 7.61. The van der Waals surface area contributed by atoms with Gasteiger partial charge in [0.15, 0.2) is 10.8 Å². The summed E-state index contributed by atoms with van der Waals surface area (Å²) in [6, 6.07) is 0. The highest BCUT2D eigenvalue weighted by molar-refractivity contribution is 8.00. The van der Waals surface area contributed by atoms with Crippen LogP contribution < -0.4 is 0 Å². The molecule has 80 valence electrons. The summed E-state index contributed by atoms with van der Waals surface area (Å²) in [5, 5.41) is 7.61. The minimum Gasteiger partial charge on any atom is -0.471 e. The SMILES string of the molecule is CC1(C)CSC2(CC(=N)OC2(C)C)O1. The Morgan fingerprint density at radius 2 is 1.93 bits per heavy atom. The van der Waals surface area contributed by atoms with Gasteiger partial charge in [-0.2, -0.15) is 0 Å². The van der Waals surface area contributed by atoms with Crippen molar-refractivity contribution in [3.63, 3.8) is 0 Å². The molecule has 0 aliphatic carbocycles. The summed E-state index contributed by atoms with van der Waals surface area (Å²) in [5.74, 6) is 1.31. The molecule has 14 heavy (non-hydrogen) atoms. The van der Waals surface area contributed by atoms with E-state index in [1.165, 1.54) is 0 Å². The predicted octanol–water partition coefficient (Wildman–Crippen LogP) is 2.40. The van der Waals surface area contributed by atoms with E-state index < -0.39 is 0 Å². The molecule has 3 nitrogen and oxygen atoms in total. The standard InChI is InChI=1S/C10H17NO2S/c1-8(2)6-14-10(13-8)5-7(11)12-9(10,3)4/h11H,5-6H2,1-4H3. The third kappa shape index (κ3) is 1.36. The second-order valence-electron chi connectivity index (χ2n) is 5.12. The molecule has 2 aliphatic rings. The lowest BCUT2D eigenvalue weighted by Gasteiger charge is -2.35. The molecule has 2 heterocycles. The summed E-state index contributed by atoms with van der Waals surface area (Å²) in [6.07, 6.45) is 0.591.